The largest absolute Gasteiger partial charge is 0.371 e. The predicted octanol–water partition coefficient (Wildman–Crippen LogP) is 3.34. The Kier molecular flexibility index (Phi) is 9.30. The first kappa shape index (κ1) is 31.8. The van der Waals surface area contributed by atoms with Crippen molar-refractivity contribution in [1.29, 1.82) is 0 Å². The number of amides is 4. The summed E-state index contributed by atoms with van der Waals surface area (Å²) in [6.07, 6.45) is 1.08. The van der Waals surface area contributed by atoms with E-state index in [1.54, 1.807) is 40.1 Å². The summed E-state index contributed by atoms with van der Waals surface area (Å²) in [5, 5.41) is 20.3. The Morgan fingerprint density at radius 1 is 0.667 bits per heavy atom. The molecule has 0 aliphatic carbocycles. The zero-order valence-electron chi connectivity index (χ0n) is 23.9. The fourth-order valence-corrected chi connectivity index (χ4v) is 3.99. The number of urea groups is 2. The summed E-state index contributed by atoms with van der Waals surface area (Å²) in [5.41, 5.74) is 1.39. The third kappa shape index (κ3) is 6.27. The van der Waals surface area contributed by atoms with Crippen LogP contribution < -0.4 is 9.80 Å². The van der Waals surface area contributed by atoms with Gasteiger partial charge in [0.05, 0.1) is 23.5 Å². The zero-order chi connectivity index (χ0) is 28.7. The molecule has 2 fully saturated rings. The van der Waals surface area contributed by atoms with Crippen LogP contribution >= 0.6 is 0 Å². The lowest BCUT2D eigenvalue weighted by atomic mass is 9.92. The zero-order valence-corrected chi connectivity index (χ0v) is 23.9. The van der Waals surface area contributed by atoms with Gasteiger partial charge in [-0.25, -0.2) is 39.3 Å². The van der Waals surface area contributed by atoms with E-state index in [2.05, 4.69) is 19.9 Å². The number of hydrogen-bond donors (Lipinski definition) is 2. The highest BCUT2D eigenvalue weighted by Crippen LogP contribution is 2.29. The van der Waals surface area contributed by atoms with Gasteiger partial charge in [-0.2, -0.15) is 0 Å². The molecule has 2 aromatic rings. The highest BCUT2D eigenvalue weighted by Gasteiger charge is 2.43. The van der Waals surface area contributed by atoms with Gasteiger partial charge >= 0.3 is 12.1 Å². The van der Waals surface area contributed by atoms with E-state index < -0.39 is 12.5 Å². The van der Waals surface area contributed by atoms with Gasteiger partial charge in [-0.15, -0.1) is 0 Å². The number of likely N-dealkylation sites (N-methyl/N-ethyl adjacent to an activating group) is 2. The van der Waals surface area contributed by atoms with E-state index in [9.17, 15) is 19.8 Å². The first-order chi connectivity index (χ1) is 17.5. The maximum Gasteiger partial charge on any atom is 0.328 e. The lowest BCUT2D eigenvalue weighted by molar-refractivity contribution is 0.138. The number of aliphatic hydroxyl groups is 2. The van der Waals surface area contributed by atoms with Crippen LogP contribution in [0.2, 0.25) is 0 Å². The third-order valence-corrected chi connectivity index (χ3v) is 6.97. The van der Waals surface area contributed by atoms with Gasteiger partial charge in [0.2, 0.25) is 0 Å². The number of carbonyl (C=O) groups is 2. The minimum absolute atomic E-state index is 0. The van der Waals surface area contributed by atoms with Gasteiger partial charge in [0, 0.05) is 37.1 Å². The maximum atomic E-state index is 12.1. The molecule has 0 unspecified atom stereocenters. The molecular formula is C27H44N8O4. The van der Waals surface area contributed by atoms with Crippen LogP contribution in [0.3, 0.4) is 0 Å². The van der Waals surface area contributed by atoms with Crippen LogP contribution in [0.15, 0.2) is 24.8 Å². The number of hydrogen-bond acceptors (Lipinski definition) is 8. The van der Waals surface area contributed by atoms with Gasteiger partial charge in [-0.1, -0.05) is 49.0 Å². The van der Waals surface area contributed by atoms with Crippen molar-refractivity contribution in [1.82, 2.24) is 29.7 Å². The molecule has 4 atom stereocenters. The lowest BCUT2D eigenvalue weighted by Gasteiger charge is -2.22. The van der Waals surface area contributed by atoms with Crippen LogP contribution in [-0.2, 0) is 10.8 Å². The fraction of sp³-hybridized carbons (Fsp3) is 0.630. The summed E-state index contributed by atoms with van der Waals surface area (Å²) in [6.45, 7) is 15.8. The minimum atomic E-state index is -0.889. The van der Waals surface area contributed by atoms with Crippen LogP contribution in [0.5, 0.6) is 0 Å². The molecule has 4 amide bonds. The van der Waals surface area contributed by atoms with Gasteiger partial charge in [-0.05, 0) is 13.8 Å². The van der Waals surface area contributed by atoms with Crippen LogP contribution in [0, 0.1) is 0 Å². The molecule has 0 saturated carbocycles. The average Bonchev–Trinajstić information content (AvgIpc) is 3.16. The average molecular weight is 545 g/mol. The van der Waals surface area contributed by atoms with Crippen molar-refractivity contribution in [3.05, 3.63) is 36.2 Å². The van der Waals surface area contributed by atoms with Crippen molar-refractivity contribution in [3.8, 4) is 0 Å². The molecule has 2 aliphatic heterocycles. The van der Waals surface area contributed by atoms with E-state index >= 15 is 0 Å². The maximum absolute atomic E-state index is 12.1. The van der Waals surface area contributed by atoms with Crippen molar-refractivity contribution in [3.63, 3.8) is 0 Å². The van der Waals surface area contributed by atoms with Crippen molar-refractivity contribution in [2.45, 2.75) is 98.2 Å². The summed E-state index contributed by atoms with van der Waals surface area (Å²) in [7, 11) is 3.34. The molecular weight excluding hydrogens is 500 g/mol. The molecule has 12 nitrogen and oxygen atoms in total. The second kappa shape index (κ2) is 11.4. The second-order valence-electron chi connectivity index (χ2n) is 11.9. The SMILES string of the molecule is C.C[C@@H]1[C@@H](O)N(c2cc(C(C)(C)C)ncn2)C(=O)N1C.C[C@@H]1[C@H](O)N(c2cc(C(C)(C)C)ncn2)C(=O)N1C. The van der Waals surface area contributed by atoms with E-state index in [0.29, 0.717) is 11.6 Å². The van der Waals surface area contributed by atoms with E-state index in [1.807, 2.05) is 41.5 Å². The van der Waals surface area contributed by atoms with Crippen molar-refractivity contribution < 1.29 is 19.8 Å². The lowest BCUT2D eigenvalue weighted by Crippen LogP contribution is -2.36. The molecule has 12 heteroatoms. The molecule has 0 radical (unpaired) electrons. The fourth-order valence-electron chi connectivity index (χ4n) is 3.99. The Hall–Kier alpha value is -3.38. The van der Waals surface area contributed by atoms with Gasteiger partial charge in [0.1, 0.15) is 24.3 Å². The van der Waals surface area contributed by atoms with Crippen LogP contribution in [-0.4, -0.2) is 90.6 Å². The van der Waals surface area contributed by atoms with Crippen LogP contribution in [0.25, 0.3) is 0 Å². The van der Waals surface area contributed by atoms with E-state index in [-0.39, 0.29) is 42.4 Å². The van der Waals surface area contributed by atoms with Crippen molar-refractivity contribution in [2.75, 3.05) is 23.9 Å². The van der Waals surface area contributed by atoms with E-state index in [4.69, 9.17) is 0 Å². The number of rotatable bonds is 2. The van der Waals surface area contributed by atoms with E-state index in [1.165, 1.54) is 32.3 Å². The van der Waals surface area contributed by atoms with Crippen LogP contribution in [0.4, 0.5) is 21.2 Å². The predicted molar refractivity (Wildman–Crippen MR) is 150 cm³/mol. The van der Waals surface area contributed by atoms with E-state index in [0.717, 1.165) is 11.4 Å². The molecule has 0 bridgehead atoms. The molecule has 2 aliphatic rings. The number of anilines is 2. The highest BCUT2D eigenvalue weighted by molar-refractivity contribution is 5.94. The van der Waals surface area contributed by atoms with Crippen molar-refractivity contribution in [2.24, 2.45) is 0 Å². The first-order valence-corrected chi connectivity index (χ1v) is 12.6. The molecule has 39 heavy (non-hydrogen) atoms. The summed E-state index contributed by atoms with van der Waals surface area (Å²) < 4.78 is 0. The normalized spacial score (nSPS) is 23.6. The summed E-state index contributed by atoms with van der Waals surface area (Å²) in [6, 6.07) is 2.48. The van der Waals surface area contributed by atoms with Crippen LogP contribution in [0.1, 0.15) is 74.2 Å². The summed E-state index contributed by atoms with van der Waals surface area (Å²) >= 11 is 0. The van der Waals surface area contributed by atoms with Crippen molar-refractivity contribution >= 4 is 23.7 Å². The number of nitrogens with zero attached hydrogens (tertiary/aromatic N) is 8. The summed E-state index contributed by atoms with van der Waals surface area (Å²) in [4.78, 5) is 46.5. The second-order valence-corrected chi connectivity index (χ2v) is 11.9. The number of aliphatic hydroxyl groups excluding tert-OH is 2. The van der Waals surface area contributed by atoms with Gasteiger partial charge < -0.3 is 20.0 Å². The minimum Gasteiger partial charge on any atom is -0.371 e. The molecule has 0 aromatic carbocycles. The Bertz CT molecular complexity index is 1090. The molecule has 216 valence electrons. The molecule has 4 rings (SSSR count). The Morgan fingerprint density at radius 3 is 1.21 bits per heavy atom. The highest BCUT2D eigenvalue weighted by atomic mass is 16.3. The van der Waals surface area contributed by atoms with Gasteiger partial charge in [-0.3, -0.25) is 0 Å². The molecule has 2 aromatic heterocycles. The van der Waals surface area contributed by atoms with Gasteiger partial charge in [0.15, 0.2) is 12.5 Å². The Balaban J connectivity index is 0.000000267. The topological polar surface area (TPSA) is 139 Å². The monoisotopic (exact) mass is 544 g/mol. The first-order valence-electron chi connectivity index (χ1n) is 12.6. The molecule has 4 heterocycles. The third-order valence-electron chi connectivity index (χ3n) is 6.97. The molecule has 2 N–H and O–H groups in total. The Labute approximate surface area is 231 Å². The quantitative estimate of drug-likeness (QED) is 0.587. The molecule has 2 saturated heterocycles. The Morgan fingerprint density at radius 2 is 0.974 bits per heavy atom. The standard InChI is InChI=1S/2C13H20N4O2.CH4/c2*1-8-11(18)17(12(19)16(8)5)10-6-9(13(2,3)4)14-7-15-10;/h2*6-8,11,18H,1-5H3;1H4/t8-,11+;8-,11-;/m11./s1. The summed E-state index contributed by atoms with van der Waals surface area (Å²) in [5.74, 6) is 0.877. The number of aromatic nitrogens is 4. The smallest absolute Gasteiger partial charge is 0.328 e. The van der Waals surface area contributed by atoms with Gasteiger partial charge in [0.25, 0.3) is 0 Å². The number of carbonyl (C=O) groups excluding carboxylic acids is 2. The molecule has 0 spiro atoms.